The predicted octanol–water partition coefficient (Wildman–Crippen LogP) is 6.57. The van der Waals surface area contributed by atoms with E-state index in [2.05, 4.69) is 118 Å². The van der Waals surface area contributed by atoms with E-state index in [-0.39, 0.29) is 17.4 Å². The maximum atomic E-state index is 7.50. The molecule has 0 heterocycles. The van der Waals surface area contributed by atoms with Crippen LogP contribution in [-0.4, -0.2) is 15.2 Å². The molecular formula is C28H26CrO4Si. The van der Waals surface area contributed by atoms with Gasteiger partial charge >= 0.3 is 33.9 Å². The van der Waals surface area contributed by atoms with Crippen LogP contribution in [0.2, 0.25) is 19.6 Å². The van der Waals surface area contributed by atoms with Crippen molar-refractivity contribution in [3.63, 3.8) is 0 Å². The number of ether oxygens (including phenoxy) is 1. The van der Waals surface area contributed by atoms with Crippen LogP contribution in [0.5, 0.6) is 5.75 Å². The minimum absolute atomic E-state index is 0. The van der Waals surface area contributed by atoms with Crippen molar-refractivity contribution < 1.29 is 36.1 Å². The largest absolute Gasteiger partial charge is 0 e. The van der Waals surface area contributed by atoms with Crippen LogP contribution in [0.4, 0.5) is 0 Å². The molecular weight excluding hydrogens is 480 g/mol. The molecule has 0 N–H and O–H groups in total. The van der Waals surface area contributed by atoms with Gasteiger partial charge in [-0.1, -0.05) is 92.4 Å². The maximum absolute atomic E-state index is 7.50. The molecule has 0 spiro atoms. The van der Waals surface area contributed by atoms with Crippen LogP contribution in [0.15, 0.2) is 90.7 Å². The summed E-state index contributed by atoms with van der Waals surface area (Å²) in [7, 11) is 0.0822. The third-order valence-electron chi connectivity index (χ3n) is 4.50. The van der Waals surface area contributed by atoms with Gasteiger partial charge in [-0.2, -0.15) is 0 Å². The summed E-state index contributed by atoms with van der Waals surface area (Å²) < 4.78 is 27.8. The Hall–Kier alpha value is -3.05. The Morgan fingerprint density at radius 1 is 0.647 bits per heavy atom. The number of hydrogen-bond acceptors (Lipinski definition) is 1. The number of rotatable bonds is 5. The Kier molecular flexibility index (Phi) is 17.9. The molecule has 0 radical (unpaired) electrons. The molecule has 3 aromatic rings. The van der Waals surface area contributed by atoms with E-state index in [4.69, 9.17) is 18.7 Å². The zero-order valence-corrected chi connectivity index (χ0v) is 21.9. The van der Waals surface area contributed by atoms with E-state index in [1.165, 1.54) is 16.3 Å². The summed E-state index contributed by atoms with van der Waals surface area (Å²) in [5.41, 5.74) is 8.54. The van der Waals surface area contributed by atoms with Crippen molar-refractivity contribution >= 4 is 18.8 Å². The first kappa shape index (κ1) is 33.1. The Morgan fingerprint density at radius 2 is 1.03 bits per heavy atom. The molecule has 3 rings (SSSR count). The molecule has 0 aliphatic heterocycles. The van der Waals surface area contributed by atoms with E-state index in [1.54, 1.807) is 7.11 Å². The molecule has 0 fully saturated rings. The minimum Gasteiger partial charge on any atom is 0 e. The summed E-state index contributed by atoms with van der Waals surface area (Å²) in [5.74, 6) is 0.864. The molecule has 0 aliphatic carbocycles. The molecule has 0 amide bonds. The van der Waals surface area contributed by atoms with Gasteiger partial charge in [0, 0.05) is 22.9 Å². The zero-order chi connectivity index (χ0) is 25.3. The van der Waals surface area contributed by atoms with E-state index in [0.29, 0.717) is 0 Å². The fourth-order valence-corrected chi connectivity index (χ4v) is 4.63. The van der Waals surface area contributed by atoms with Crippen molar-refractivity contribution in [3.05, 3.63) is 127 Å². The molecule has 0 atom stereocenters. The van der Waals surface area contributed by atoms with Crippen molar-refractivity contribution in [2.75, 3.05) is 7.11 Å². The first-order chi connectivity index (χ1) is 16.0. The van der Waals surface area contributed by atoms with E-state index in [0.717, 1.165) is 16.9 Å². The monoisotopic (exact) mass is 506 g/mol. The van der Waals surface area contributed by atoms with Crippen LogP contribution in [-0.2, 0) is 31.3 Å². The second-order valence-corrected chi connectivity index (χ2v) is 12.6. The molecule has 0 aromatic heterocycles. The van der Waals surface area contributed by atoms with E-state index >= 15 is 0 Å². The predicted molar refractivity (Wildman–Crippen MR) is 130 cm³/mol. The van der Waals surface area contributed by atoms with Crippen LogP contribution < -0.4 is 4.74 Å². The fourth-order valence-electron chi connectivity index (χ4n) is 3.10. The third kappa shape index (κ3) is 10.3. The Morgan fingerprint density at radius 3 is 1.41 bits per heavy atom. The quantitative estimate of drug-likeness (QED) is 0.167. The maximum Gasteiger partial charge on any atom is 0 e. The average molecular weight is 507 g/mol. The van der Waals surface area contributed by atoms with Gasteiger partial charge in [-0.25, -0.2) is 0 Å². The Balaban J connectivity index is 0. The van der Waals surface area contributed by atoms with Crippen LogP contribution >= 0.6 is 0 Å². The Labute approximate surface area is 214 Å². The minimum atomic E-state index is -1.61. The first-order valence-corrected chi connectivity index (χ1v) is 13.4. The molecule has 6 heteroatoms. The van der Waals surface area contributed by atoms with Crippen LogP contribution in [0.1, 0.15) is 16.7 Å². The van der Waals surface area contributed by atoms with Gasteiger partial charge in [0.1, 0.15) is 5.75 Å². The molecule has 0 saturated heterocycles. The SMILES string of the molecule is COc1ccc(C(=C=C(c2ccccc2)[Si](C)(C)C)c2ccccc2)cc1.[C-]#[O+].[C-]#[O+].[C-]#[O+].[Cr]. The molecule has 0 saturated carbocycles. The van der Waals surface area contributed by atoms with Crippen molar-refractivity contribution in [3.8, 4) is 5.75 Å². The summed E-state index contributed by atoms with van der Waals surface area (Å²) in [4.78, 5) is 0. The van der Waals surface area contributed by atoms with Crippen molar-refractivity contribution in [2.24, 2.45) is 0 Å². The van der Waals surface area contributed by atoms with E-state index in [9.17, 15) is 0 Å². The van der Waals surface area contributed by atoms with Gasteiger partial charge in [0.25, 0.3) is 0 Å². The van der Waals surface area contributed by atoms with Gasteiger partial charge in [0.05, 0.1) is 15.2 Å². The topological polar surface area (TPSA) is 68.9 Å². The van der Waals surface area contributed by atoms with Crippen molar-refractivity contribution in [1.29, 1.82) is 0 Å². The fraction of sp³-hybridized carbons (Fsp3) is 0.143. The van der Waals surface area contributed by atoms with E-state index in [1.807, 2.05) is 12.1 Å². The number of benzene rings is 3. The summed E-state index contributed by atoms with van der Waals surface area (Å²) in [6.07, 6.45) is 0. The van der Waals surface area contributed by atoms with Crippen LogP contribution in [0.25, 0.3) is 10.8 Å². The standard InChI is InChI=1S/C25H26OSi.3CO.Cr/c1-26-23-17-15-21(16-18-23)24(20-11-7-5-8-12-20)19-25(27(2,3)4)22-13-9-6-10-14-22;3*1-2;/h5-18H,1-4H3;;;;. The van der Waals surface area contributed by atoms with Gasteiger partial charge in [0.15, 0.2) is 0 Å². The van der Waals surface area contributed by atoms with Gasteiger partial charge < -0.3 is 4.74 Å². The zero-order valence-electron chi connectivity index (χ0n) is 19.6. The summed E-state index contributed by atoms with van der Waals surface area (Å²) in [5, 5.41) is 1.33. The summed E-state index contributed by atoms with van der Waals surface area (Å²) >= 11 is 0. The Bertz CT molecular complexity index is 1070. The van der Waals surface area contributed by atoms with Gasteiger partial charge in [-0.15, -0.1) is 5.73 Å². The summed E-state index contributed by atoms with van der Waals surface area (Å²) in [6.45, 7) is 20.6. The molecule has 3 aromatic carbocycles. The average Bonchev–Trinajstić information content (AvgIpc) is 2.89. The molecule has 172 valence electrons. The van der Waals surface area contributed by atoms with E-state index < -0.39 is 8.07 Å². The molecule has 4 nitrogen and oxygen atoms in total. The summed E-state index contributed by atoms with van der Waals surface area (Å²) in [6, 6.07) is 29.4. The second-order valence-electron chi connectivity index (χ2n) is 7.59. The van der Waals surface area contributed by atoms with Crippen molar-refractivity contribution in [2.45, 2.75) is 19.6 Å². The molecule has 0 bridgehead atoms. The van der Waals surface area contributed by atoms with Crippen molar-refractivity contribution in [1.82, 2.24) is 0 Å². The van der Waals surface area contributed by atoms with Gasteiger partial charge in [-0.3, -0.25) is 0 Å². The smallest absolute Gasteiger partial charge is 0 e. The molecule has 34 heavy (non-hydrogen) atoms. The number of hydrogen-bond donors (Lipinski definition) is 0. The number of methoxy groups -OCH3 is 1. The second kappa shape index (κ2) is 18.4. The first-order valence-electron chi connectivity index (χ1n) is 9.87. The molecule has 0 aliphatic rings. The molecule has 0 unspecified atom stereocenters. The van der Waals surface area contributed by atoms with Gasteiger partial charge in [0.2, 0.25) is 0 Å². The van der Waals surface area contributed by atoms with Gasteiger partial charge in [-0.05, 0) is 34.0 Å². The van der Waals surface area contributed by atoms with Crippen LogP contribution in [0.3, 0.4) is 0 Å². The van der Waals surface area contributed by atoms with Crippen LogP contribution in [0, 0.1) is 20.0 Å². The normalized spacial score (nSPS) is 8.76. The third-order valence-corrected chi connectivity index (χ3v) is 6.42.